The van der Waals surface area contributed by atoms with E-state index in [9.17, 15) is 4.79 Å². The molecule has 1 aromatic carbocycles. The molecular weight excluding hydrogens is 400 g/mol. The van der Waals surface area contributed by atoms with Crippen LogP contribution in [0.1, 0.15) is 41.9 Å². The first-order valence-electron chi connectivity index (χ1n) is 11.2. The fourth-order valence-electron chi connectivity index (χ4n) is 5.28. The Kier molecular flexibility index (Phi) is 4.31. The van der Waals surface area contributed by atoms with Crippen LogP contribution in [0, 0.1) is 0 Å². The number of piperidine rings is 1. The number of hydrogen-bond donors (Lipinski definition) is 3. The Hall–Kier alpha value is -3.61. The molecule has 32 heavy (non-hydrogen) atoms. The summed E-state index contributed by atoms with van der Waals surface area (Å²) in [5, 5.41) is 8.18. The van der Waals surface area contributed by atoms with Gasteiger partial charge in [-0.25, -0.2) is 9.97 Å². The Labute approximate surface area is 191 Å². The number of allylic oxidation sites excluding steroid dienone is 2. The molecule has 4 aliphatic rings. The monoisotopic (exact) mass is 432 g/mol. The molecule has 5 heterocycles. The van der Waals surface area contributed by atoms with Crippen LogP contribution >= 0.6 is 0 Å². The molecule has 0 spiro atoms. The Morgan fingerprint density at radius 2 is 2.19 bits per heavy atom. The molecule has 1 fully saturated rings. The van der Waals surface area contributed by atoms with Gasteiger partial charge in [-0.3, -0.25) is 4.79 Å². The molecule has 1 aliphatic carbocycles. The number of ketones is 1. The minimum atomic E-state index is -0.375. The van der Waals surface area contributed by atoms with Crippen molar-refractivity contribution in [3.05, 3.63) is 71.8 Å². The maximum absolute atomic E-state index is 12.1. The number of nitrogens with one attached hydrogen (secondary N) is 3. The summed E-state index contributed by atoms with van der Waals surface area (Å²) >= 11 is 0. The van der Waals surface area contributed by atoms with Crippen molar-refractivity contribution < 1.29 is 9.07 Å². The topological polar surface area (TPSA) is 85.9 Å². The van der Waals surface area contributed by atoms with Crippen molar-refractivity contribution in [3.8, 4) is 0 Å². The Balaban J connectivity index is 0.00000114. The van der Waals surface area contributed by atoms with Gasteiger partial charge in [0, 0.05) is 58.9 Å². The highest BCUT2D eigenvalue weighted by molar-refractivity contribution is 6.06. The number of carbonyl (C=O) groups is 1. The summed E-state index contributed by atoms with van der Waals surface area (Å²) in [5.41, 5.74) is 4.68. The molecule has 0 amide bonds. The van der Waals surface area contributed by atoms with Crippen LogP contribution in [0.15, 0.2) is 66.3 Å². The zero-order valence-corrected chi connectivity index (χ0v) is 18.1. The van der Waals surface area contributed by atoms with E-state index in [-0.39, 0.29) is 15.7 Å². The van der Waals surface area contributed by atoms with Crippen LogP contribution in [-0.2, 0) is 4.79 Å². The van der Waals surface area contributed by atoms with Crippen molar-refractivity contribution in [2.24, 2.45) is 0 Å². The minimum absolute atomic E-state index is 0. The summed E-state index contributed by atoms with van der Waals surface area (Å²) in [5.74, 6) is 1.56. The Bertz CT molecular complexity index is 1290. The molecule has 2 bridgehead atoms. The first-order valence-corrected chi connectivity index (χ1v) is 11.2. The number of rotatable bonds is 4. The smallest absolute Gasteiger partial charge is 0.183 e. The number of aromatic nitrogens is 3. The first-order chi connectivity index (χ1) is 15.6. The van der Waals surface area contributed by atoms with Gasteiger partial charge >= 0.3 is 0 Å². The van der Waals surface area contributed by atoms with Crippen molar-refractivity contribution in [1.29, 1.82) is 0 Å². The third-order valence-corrected chi connectivity index (χ3v) is 6.75. The molecule has 3 N–H and O–H groups in total. The predicted molar refractivity (Wildman–Crippen MR) is 132 cm³/mol. The summed E-state index contributed by atoms with van der Waals surface area (Å²) < 4.78 is 0. The van der Waals surface area contributed by atoms with Crippen LogP contribution < -0.4 is 15.5 Å². The van der Waals surface area contributed by atoms with E-state index in [2.05, 4.69) is 60.8 Å². The Morgan fingerprint density at radius 1 is 1.28 bits per heavy atom. The summed E-state index contributed by atoms with van der Waals surface area (Å²) in [6.45, 7) is 3.88. The van der Waals surface area contributed by atoms with Crippen molar-refractivity contribution in [2.75, 3.05) is 23.3 Å². The lowest BCUT2D eigenvalue weighted by Gasteiger charge is -2.40. The number of fused-ring (bicyclic) bond motifs is 3. The number of H-pyrrole nitrogens is 1. The van der Waals surface area contributed by atoms with E-state index in [1.54, 1.807) is 12.4 Å². The molecule has 7 heteroatoms. The second-order valence-corrected chi connectivity index (χ2v) is 9.11. The highest BCUT2D eigenvalue weighted by Gasteiger charge is 2.41. The lowest BCUT2D eigenvalue weighted by molar-refractivity contribution is -0.111. The summed E-state index contributed by atoms with van der Waals surface area (Å²) in [4.78, 5) is 26.6. The number of aromatic amines is 1. The number of hydrogen-bond acceptors (Lipinski definition) is 6. The van der Waals surface area contributed by atoms with Gasteiger partial charge in [-0.2, -0.15) is 0 Å². The average Bonchev–Trinajstić information content (AvgIpc) is 3.18. The lowest BCUT2D eigenvalue weighted by atomic mass is 9.84. The number of anilines is 2. The standard InChI is InChI=1S/C25H26N6O.3H2/c1-16-10-22(32)19-12-25(13-19,29-16)30-20-6-2-4-17(11-20)18-5-3-9-31(14-18)24-21-7-8-26-23(21)27-15-28-24;;;/h2,4,6-8,10-12,15,18,29-30H,3,5,9,13-14H2,1H3,(H,26,27,28);3*1H. The van der Waals surface area contributed by atoms with E-state index < -0.39 is 0 Å². The highest BCUT2D eigenvalue weighted by Crippen LogP contribution is 2.37. The van der Waals surface area contributed by atoms with Gasteiger partial charge in [-0.1, -0.05) is 12.1 Å². The third-order valence-electron chi connectivity index (χ3n) is 6.75. The van der Waals surface area contributed by atoms with E-state index in [1.165, 1.54) is 5.56 Å². The van der Waals surface area contributed by atoms with Gasteiger partial charge in [0.15, 0.2) is 5.78 Å². The second-order valence-electron chi connectivity index (χ2n) is 9.11. The normalized spacial score (nSPS) is 24.8. The number of nitrogens with zero attached hydrogens (tertiary/aromatic N) is 3. The molecule has 0 saturated carbocycles. The molecule has 168 valence electrons. The van der Waals surface area contributed by atoms with Crippen molar-refractivity contribution in [2.45, 2.75) is 37.8 Å². The minimum Gasteiger partial charge on any atom is -0.363 e. The largest absolute Gasteiger partial charge is 0.363 e. The molecule has 1 saturated heterocycles. The quantitative estimate of drug-likeness (QED) is 0.559. The highest BCUT2D eigenvalue weighted by atomic mass is 16.1. The maximum Gasteiger partial charge on any atom is 0.183 e. The maximum atomic E-state index is 12.1. The van der Waals surface area contributed by atoms with Crippen LogP contribution in [0.2, 0.25) is 0 Å². The zero-order valence-electron chi connectivity index (χ0n) is 18.1. The molecule has 2 aromatic heterocycles. The van der Waals surface area contributed by atoms with Gasteiger partial charge in [0.1, 0.15) is 23.5 Å². The first kappa shape index (κ1) is 19.1. The van der Waals surface area contributed by atoms with Gasteiger partial charge in [0.05, 0.1) is 5.39 Å². The second kappa shape index (κ2) is 7.22. The molecule has 2 unspecified atom stereocenters. The van der Waals surface area contributed by atoms with Crippen LogP contribution in [0.5, 0.6) is 0 Å². The summed E-state index contributed by atoms with van der Waals surface area (Å²) in [6.07, 6.45) is 10.3. The molecule has 0 radical (unpaired) electrons. The van der Waals surface area contributed by atoms with Crippen LogP contribution in [0.4, 0.5) is 11.5 Å². The molecule has 7 rings (SSSR count). The van der Waals surface area contributed by atoms with Crippen molar-refractivity contribution >= 4 is 28.3 Å². The van der Waals surface area contributed by atoms with E-state index in [0.29, 0.717) is 12.3 Å². The van der Waals surface area contributed by atoms with Crippen LogP contribution in [0.25, 0.3) is 11.0 Å². The van der Waals surface area contributed by atoms with E-state index in [4.69, 9.17) is 0 Å². The predicted octanol–water partition coefficient (Wildman–Crippen LogP) is 4.59. The molecule has 7 nitrogen and oxygen atoms in total. The lowest BCUT2D eigenvalue weighted by Crippen LogP contribution is -2.53. The fourth-order valence-corrected chi connectivity index (χ4v) is 5.28. The van der Waals surface area contributed by atoms with Crippen LogP contribution in [0.3, 0.4) is 0 Å². The molecule has 3 aliphatic heterocycles. The number of carbonyl (C=O) groups excluding carboxylic acids is 1. The average molecular weight is 433 g/mol. The third kappa shape index (κ3) is 3.25. The van der Waals surface area contributed by atoms with Crippen LogP contribution in [-0.4, -0.2) is 39.5 Å². The van der Waals surface area contributed by atoms with Gasteiger partial charge in [0.2, 0.25) is 0 Å². The summed E-state index contributed by atoms with van der Waals surface area (Å²) in [6, 6.07) is 10.8. The number of benzene rings is 1. The molecule has 3 aromatic rings. The van der Waals surface area contributed by atoms with Gasteiger partial charge in [0.25, 0.3) is 0 Å². The fraction of sp³-hybridized carbons (Fsp3) is 0.320. The van der Waals surface area contributed by atoms with E-state index in [1.807, 2.05) is 19.2 Å². The van der Waals surface area contributed by atoms with E-state index in [0.717, 1.165) is 59.7 Å². The van der Waals surface area contributed by atoms with Gasteiger partial charge in [-0.15, -0.1) is 0 Å². The SMILES string of the molecule is CC1=CC(=O)C2=CC(Nc3cccc(C4CCCN(c5ncnc6[nH]ccc56)C4)c3)(C2)N1.[HH].[HH].[HH]. The van der Waals surface area contributed by atoms with Crippen molar-refractivity contribution in [3.63, 3.8) is 0 Å². The van der Waals surface area contributed by atoms with Gasteiger partial charge < -0.3 is 20.5 Å². The van der Waals surface area contributed by atoms with Gasteiger partial charge in [-0.05, 0) is 49.6 Å². The summed E-state index contributed by atoms with van der Waals surface area (Å²) in [7, 11) is 0. The Morgan fingerprint density at radius 3 is 3.09 bits per heavy atom. The van der Waals surface area contributed by atoms with E-state index >= 15 is 0 Å². The van der Waals surface area contributed by atoms with Crippen molar-refractivity contribution in [1.82, 2.24) is 20.3 Å². The zero-order chi connectivity index (χ0) is 21.7. The molecular formula is C25H32N6O. The molecule has 2 atom stereocenters.